The number of nitrogens with two attached hydrogens (primary N) is 1. The second kappa shape index (κ2) is 5.28. The molecule has 15 heavy (non-hydrogen) atoms. The molecular formula is C12H24N2O. The van der Waals surface area contributed by atoms with Gasteiger partial charge < -0.3 is 10.5 Å². The van der Waals surface area contributed by atoms with Gasteiger partial charge in [-0.2, -0.15) is 0 Å². The van der Waals surface area contributed by atoms with Crippen molar-refractivity contribution >= 4 is 0 Å². The first-order chi connectivity index (χ1) is 7.35. The lowest BCUT2D eigenvalue weighted by Crippen LogP contribution is -2.46. The topological polar surface area (TPSA) is 38.5 Å². The van der Waals surface area contributed by atoms with Crippen LogP contribution in [0.2, 0.25) is 0 Å². The summed E-state index contributed by atoms with van der Waals surface area (Å²) in [6.45, 7) is 4.24. The quantitative estimate of drug-likeness (QED) is 0.741. The van der Waals surface area contributed by atoms with Crippen molar-refractivity contribution in [1.82, 2.24) is 4.90 Å². The van der Waals surface area contributed by atoms with E-state index in [0.717, 1.165) is 25.0 Å². The molecule has 0 radical (unpaired) electrons. The van der Waals surface area contributed by atoms with Crippen molar-refractivity contribution in [2.24, 2.45) is 17.6 Å². The normalized spacial score (nSPS) is 26.8. The zero-order valence-corrected chi connectivity index (χ0v) is 9.82. The zero-order valence-electron chi connectivity index (χ0n) is 9.82. The third-order valence-electron chi connectivity index (χ3n) is 3.93. The standard InChI is InChI=1S/C12H24N2O/c1-15-9-10-4-6-14(7-5-10)12(8-13)11-2-3-11/h10-12H,2-9,13H2,1H3. The van der Waals surface area contributed by atoms with Crippen molar-refractivity contribution in [3.63, 3.8) is 0 Å². The molecule has 0 spiro atoms. The molecule has 1 unspecified atom stereocenters. The molecule has 3 heteroatoms. The minimum atomic E-state index is 0.675. The predicted molar refractivity (Wildman–Crippen MR) is 61.7 cm³/mol. The molecule has 0 aromatic rings. The van der Waals surface area contributed by atoms with Gasteiger partial charge in [0.1, 0.15) is 0 Å². The molecule has 0 bridgehead atoms. The van der Waals surface area contributed by atoms with Gasteiger partial charge in [-0.15, -0.1) is 0 Å². The fraction of sp³-hybridized carbons (Fsp3) is 1.00. The fourth-order valence-electron chi connectivity index (χ4n) is 2.81. The highest BCUT2D eigenvalue weighted by atomic mass is 16.5. The van der Waals surface area contributed by atoms with Gasteiger partial charge in [0.05, 0.1) is 0 Å². The Bertz CT molecular complexity index is 186. The van der Waals surface area contributed by atoms with Crippen LogP contribution in [0.5, 0.6) is 0 Å². The van der Waals surface area contributed by atoms with Gasteiger partial charge in [-0.1, -0.05) is 0 Å². The van der Waals surface area contributed by atoms with Crippen molar-refractivity contribution in [3.8, 4) is 0 Å². The van der Waals surface area contributed by atoms with Crippen LogP contribution in [0, 0.1) is 11.8 Å². The van der Waals surface area contributed by atoms with Crippen LogP contribution in [0.3, 0.4) is 0 Å². The number of nitrogens with zero attached hydrogens (tertiary/aromatic N) is 1. The Morgan fingerprint density at radius 2 is 1.93 bits per heavy atom. The summed E-state index contributed by atoms with van der Waals surface area (Å²) in [5.74, 6) is 1.69. The summed E-state index contributed by atoms with van der Waals surface area (Å²) < 4.78 is 5.22. The SMILES string of the molecule is COCC1CCN(C(CN)C2CC2)CC1. The number of likely N-dealkylation sites (tertiary alicyclic amines) is 1. The lowest BCUT2D eigenvalue weighted by atomic mass is 9.95. The van der Waals surface area contributed by atoms with Crippen LogP contribution < -0.4 is 5.73 Å². The van der Waals surface area contributed by atoms with Gasteiger partial charge in [-0.3, -0.25) is 4.90 Å². The second-order valence-electron chi connectivity index (χ2n) is 5.08. The van der Waals surface area contributed by atoms with Gasteiger partial charge in [-0.25, -0.2) is 0 Å². The lowest BCUT2D eigenvalue weighted by Gasteiger charge is -2.37. The lowest BCUT2D eigenvalue weighted by molar-refractivity contribution is 0.0757. The van der Waals surface area contributed by atoms with E-state index in [2.05, 4.69) is 4.90 Å². The van der Waals surface area contributed by atoms with Crippen molar-refractivity contribution in [2.45, 2.75) is 31.7 Å². The number of hydrogen-bond donors (Lipinski definition) is 1. The van der Waals surface area contributed by atoms with Crippen LogP contribution >= 0.6 is 0 Å². The van der Waals surface area contributed by atoms with Crippen LogP contribution in [0.25, 0.3) is 0 Å². The Morgan fingerprint density at radius 1 is 1.27 bits per heavy atom. The first-order valence-corrected chi connectivity index (χ1v) is 6.28. The van der Waals surface area contributed by atoms with Gasteiger partial charge in [0.2, 0.25) is 0 Å². The average Bonchev–Trinajstić information content (AvgIpc) is 3.06. The van der Waals surface area contributed by atoms with E-state index in [0.29, 0.717) is 6.04 Å². The van der Waals surface area contributed by atoms with E-state index in [4.69, 9.17) is 10.5 Å². The Kier molecular flexibility index (Phi) is 4.00. The van der Waals surface area contributed by atoms with Gasteiger partial charge >= 0.3 is 0 Å². The molecule has 3 nitrogen and oxygen atoms in total. The van der Waals surface area contributed by atoms with E-state index in [1.807, 2.05) is 0 Å². The molecule has 2 N–H and O–H groups in total. The first kappa shape index (κ1) is 11.4. The Morgan fingerprint density at radius 3 is 2.40 bits per heavy atom. The minimum absolute atomic E-state index is 0.675. The number of piperidine rings is 1. The van der Waals surface area contributed by atoms with E-state index in [1.165, 1.54) is 38.8 Å². The highest BCUT2D eigenvalue weighted by Crippen LogP contribution is 2.36. The van der Waals surface area contributed by atoms with Crippen LogP contribution in [-0.2, 0) is 4.74 Å². The van der Waals surface area contributed by atoms with Gasteiger partial charge in [0, 0.05) is 26.3 Å². The van der Waals surface area contributed by atoms with Crippen molar-refractivity contribution in [2.75, 3.05) is 33.4 Å². The summed E-state index contributed by atoms with van der Waals surface area (Å²) in [4.78, 5) is 2.61. The van der Waals surface area contributed by atoms with Gasteiger partial charge in [0.25, 0.3) is 0 Å². The third kappa shape index (κ3) is 2.92. The monoisotopic (exact) mass is 212 g/mol. The Hall–Kier alpha value is -0.120. The third-order valence-corrected chi connectivity index (χ3v) is 3.93. The van der Waals surface area contributed by atoms with Gasteiger partial charge in [0.15, 0.2) is 0 Å². The Labute approximate surface area is 93.0 Å². The molecule has 0 aromatic carbocycles. The molecule has 2 fully saturated rings. The maximum Gasteiger partial charge on any atom is 0.0491 e. The van der Waals surface area contributed by atoms with Crippen molar-refractivity contribution in [3.05, 3.63) is 0 Å². The van der Waals surface area contributed by atoms with E-state index in [1.54, 1.807) is 7.11 Å². The largest absolute Gasteiger partial charge is 0.384 e. The zero-order chi connectivity index (χ0) is 10.7. The van der Waals surface area contributed by atoms with E-state index in [9.17, 15) is 0 Å². The van der Waals surface area contributed by atoms with E-state index >= 15 is 0 Å². The van der Waals surface area contributed by atoms with Crippen LogP contribution in [0.4, 0.5) is 0 Å². The summed E-state index contributed by atoms with van der Waals surface area (Å²) in [5.41, 5.74) is 5.87. The molecule has 1 saturated carbocycles. The highest BCUT2D eigenvalue weighted by molar-refractivity contribution is 4.90. The summed E-state index contributed by atoms with van der Waals surface area (Å²) in [7, 11) is 1.80. The summed E-state index contributed by atoms with van der Waals surface area (Å²) >= 11 is 0. The summed E-state index contributed by atoms with van der Waals surface area (Å²) in [6, 6.07) is 0.675. The number of hydrogen-bond acceptors (Lipinski definition) is 3. The maximum atomic E-state index is 5.87. The summed E-state index contributed by atoms with van der Waals surface area (Å²) in [5, 5.41) is 0. The predicted octanol–water partition coefficient (Wildman–Crippen LogP) is 1.08. The molecule has 0 aromatic heterocycles. The molecule has 1 atom stereocenters. The maximum absolute atomic E-state index is 5.87. The number of rotatable bonds is 5. The number of methoxy groups -OCH3 is 1. The van der Waals surface area contributed by atoms with Crippen molar-refractivity contribution in [1.29, 1.82) is 0 Å². The molecular weight excluding hydrogens is 188 g/mol. The molecule has 88 valence electrons. The smallest absolute Gasteiger partial charge is 0.0491 e. The van der Waals surface area contributed by atoms with E-state index in [-0.39, 0.29) is 0 Å². The van der Waals surface area contributed by atoms with Crippen LogP contribution in [-0.4, -0.2) is 44.3 Å². The minimum Gasteiger partial charge on any atom is -0.384 e. The first-order valence-electron chi connectivity index (χ1n) is 6.28. The average molecular weight is 212 g/mol. The van der Waals surface area contributed by atoms with Gasteiger partial charge in [-0.05, 0) is 50.6 Å². The molecule has 2 rings (SSSR count). The molecule has 0 amide bonds. The van der Waals surface area contributed by atoms with E-state index < -0.39 is 0 Å². The van der Waals surface area contributed by atoms with Crippen molar-refractivity contribution < 1.29 is 4.74 Å². The molecule has 1 aliphatic heterocycles. The fourth-order valence-corrected chi connectivity index (χ4v) is 2.81. The molecule has 1 heterocycles. The molecule has 2 aliphatic rings. The molecule has 1 aliphatic carbocycles. The second-order valence-corrected chi connectivity index (χ2v) is 5.08. The van der Waals surface area contributed by atoms with Crippen LogP contribution in [0.15, 0.2) is 0 Å². The highest BCUT2D eigenvalue weighted by Gasteiger charge is 2.35. The molecule has 1 saturated heterocycles. The van der Waals surface area contributed by atoms with Crippen LogP contribution in [0.1, 0.15) is 25.7 Å². The Balaban J connectivity index is 1.76. The number of ether oxygens (including phenoxy) is 1. The summed E-state index contributed by atoms with van der Waals surface area (Å²) in [6.07, 6.45) is 5.38.